The van der Waals surface area contributed by atoms with E-state index in [0.717, 1.165) is 44.6 Å². The standard InChI is InChI=1S/C16H21N3O2/c17-16(21)13-5-8-18(9-6-13)11-15(20)19-10-7-12-3-1-2-4-14(12)19/h1-4,13H,5-11H2,(H2,17,21). The molecule has 0 saturated carbocycles. The number of nitrogens with two attached hydrogens (primary N) is 1. The minimum atomic E-state index is -0.213. The van der Waals surface area contributed by atoms with Gasteiger partial charge >= 0.3 is 0 Å². The van der Waals surface area contributed by atoms with Crippen LogP contribution in [0, 0.1) is 5.92 Å². The van der Waals surface area contributed by atoms with Crippen molar-refractivity contribution in [2.24, 2.45) is 11.7 Å². The van der Waals surface area contributed by atoms with Gasteiger partial charge in [-0.25, -0.2) is 0 Å². The molecular weight excluding hydrogens is 266 g/mol. The summed E-state index contributed by atoms with van der Waals surface area (Å²) in [5.41, 5.74) is 7.63. The van der Waals surface area contributed by atoms with Gasteiger partial charge in [0.15, 0.2) is 0 Å². The first-order valence-corrected chi connectivity index (χ1v) is 7.55. The lowest BCUT2D eigenvalue weighted by Crippen LogP contribution is -2.44. The SMILES string of the molecule is NC(=O)C1CCN(CC(=O)N2CCc3ccccc32)CC1. The maximum Gasteiger partial charge on any atom is 0.241 e. The Kier molecular flexibility index (Phi) is 3.92. The zero-order valence-corrected chi connectivity index (χ0v) is 12.1. The molecule has 2 aliphatic heterocycles. The quantitative estimate of drug-likeness (QED) is 0.893. The van der Waals surface area contributed by atoms with Crippen molar-refractivity contribution in [3.63, 3.8) is 0 Å². The Morgan fingerprint density at radius 1 is 1.14 bits per heavy atom. The van der Waals surface area contributed by atoms with E-state index in [1.165, 1.54) is 5.56 Å². The summed E-state index contributed by atoms with van der Waals surface area (Å²) in [6.45, 7) is 2.75. The van der Waals surface area contributed by atoms with E-state index < -0.39 is 0 Å². The fraction of sp³-hybridized carbons (Fsp3) is 0.500. The minimum Gasteiger partial charge on any atom is -0.369 e. The van der Waals surface area contributed by atoms with Gasteiger partial charge < -0.3 is 10.6 Å². The molecule has 1 aromatic rings. The minimum absolute atomic E-state index is 0.0242. The second-order valence-electron chi connectivity index (χ2n) is 5.88. The lowest BCUT2D eigenvalue weighted by Gasteiger charge is -2.31. The van der Waals surface area contributed by atoms with Crippen LogP contribution >= 0.6 is 0 Å². The van der Waals surface area contributed by atoms with E-state index in [4.69, 9.17) is 5.73 Å². The summed E-state index contributed by atoms with van der Waals surface area (Å²) < 4.78 is 0. The largest absolute Gasteiger partial charge is 0.369 e. The molecule has 0 bridgehead atoms. The van der Waals surface area contributed by atoms with Crippen molar-refractivity contribution in [1.29, 1.82) is 0 Å². The summed E-state index contributed by atoms with van der Waals surface area (Å²) >= 11 is 0. The molecule has 0 unspecified atom stereocenters. The van der Waals surface area contributed by atoms with Crippen molar-refractivity contribution in [2.45, 2.75) is 19.3 Å². The van der Waals surface area contributed by atoms with Crippen LogP contribution in [0.3, 0.4) is 0 Å². The molecule has 2 N–H and O–H groups in total. The van der Waals surface area contributed by atoms with Crippen molar-refractivity contribution in [3.8, 4) is 0 Å². The van der Waals surface area contributed by atoms with E-state index >= 15 is 0 Å². The lowest BCUT2D eigenvalue weighted by molar-refractivity contribution is -0.123. The van der Waals surface area contributed by atoms with Crippen molar-refractivity contribution in [2.75, 3.05) is 31.1 Å². The number of nitrogens with zero attached hydrogens (tertiary/aromatic N) is 2. The second kappa shape index (κ2) is 5.85. The predicted molar refractivity (Wildman–Crippen MR) is 80.9 cm³/mol. The summed E-state index contributed by atoms with van der Waals surface area (Å²) in [6.07, 6.45) is 2.46. The molecule has 1 fully saturated rings. The number of anilines is 1. The van der Waals surface area contributed by atoms with Crippen molar-refractivity contribution in [1.82, 2.24) is 4.90 Å². The van der Waals surface area contributed by atoms with Crippen LogP contribution in [0.15, 0.2) is 24.3 Å². The van der Waals surface area contributed by atoms with Gasteiger partial charge in [0.2, 0.25) is 11.8 Å². The highest BCUT2D eigenvalue weighted by molar-refractivity contribution is 5.96. The van der Waals surface area contributed by atoms with Crippen molar-refractivity contribution in [3.05, 3.63) is 29.8 Å². The number of amides is 2. The van der Waals surface area contributed by atoms with Crippen LogP contribution in [0.5, 0.6) is 0 Å². The van der Waals surface area contributed by atoms with Gasteiger partial charge in [-0.05, 0) is 44.0 Å². The number of hydrogen-bond donors (Lipinski definition) is 1. The Bertz CT molecular complexity index is 550. The van der Waals surface area contributed by atoms with Crippen molar-refractivity contribution < 1.29 is 9.59 Å². The molecule has 2 heterocycles. The van der Waals surface area contributed by atoms with Crippen LogP contribution in [0.4, 0.5) is 5.69 Å². The third-order valence-electron chi connectivity index (χ3n) is 4.54. The normalized spacial score (nSPS) is 19.5. The third-order valence-corrected chi connectivity index (χ3v) is 4.54. The summed E-state index contributed by atoms with van der Waals surface area (Å²) in [6, 6.07) is 8.09. The van der Waals surface area contributed by atoms with Gasteiger partial charge in [0.1, 0.15) is 0 Å². The molecule has 3 rings (SSSR count). The molecule has 1 saturated heterocycles. The smallest absolute Gasteiger partial charge is 0.241 e. The molecule has 1 aromatic carbocycles. The maximum absolute atomic E-state index is 12.5. The van der Waals surface area contributed by atoms with Gasteiger partial charge in [0.25, 0.3) is 0 Å². The Balaban J connectivity index is 1.57. The van der Waals surface area contributed by atoms with E-state index in [1.807, 2.05) is 23.1 Å². The number of rotatable bonds is 3. The van der Waals surface area contributed by atoms with E-state index in [0.29, 0.717) is 6.54 Å². The molecule has 5 heteroatoms. The highest BCUT2D eigenvalue weighted by Crippen LogP contribution is 2.27. The summed E-state index contributed by atoms with van der Waals surface area (Å²) in [5.74, 6) is -0.0872. The van der Waals surface area contributed by atoms with Crippen LogP contribution in [-0.2, 0) is 16.0 Å². The molecule has 2 amide bonds. The number of likely N-dealkylation sites (tertiary alicyclic amines) is 1. The van der Waals surface area contributed by atoms with Crippen LogP contribution in [0.25, 0.3) is 0 Å². The van der Waals surface area contributed by atoms with Crippen LogP contribution in [0.1, 0.15) is 18.4 Å². The van der Waals surface area contributed by atoms with Crippen LogP contribution < -0.4 is 10.6 Å². The third kappa shape index (κ3) is 2.93. The molecule has 21 heavy (non-hydrogen) atoms. The van der Waals surface area contributed by atoms with Gasteiger partial charge in [-0.2, -0.15) is 0 Å². The van der Waals surface area contributed by atoms with E-state index in [1.54, 1.807) is 0 Å². The fourth-order valence-corrected chi connectivity index (χ4v) is 3.25. The first-order chi connectivity index (χ1) is 10.1. The Morgan fingerprint density at radius 3 is 2.57 bits per heavy atom. The fourth-order valence-electron chi connectivity index (χ4n) is 3.25. The Morgan fingerprint density at radius 2 is 1.86 bits per heavy atom. The average Bonchev–Trinajstić information content (AvgIpc) is 2.92. The van der Waals surface area contributed by atoms with Gasteiger partial charge in [-0.15, -0.1) is 0 Å². The number of benzene rings is 1. The molecule has 5 nitrogen and oxygen atoms in total. The van der Waals surface area contributed by atoms with E-state index in [2.05, 4.69) is 11.0 Å². The zero-order chi connectivity index (χ0) is 14.8. The highest BCUT2D eigenvalue weighted by atomic mass is 16.2. The number of primary amides is 1. The predicted octanol–water partition coefficient (Wildman–Crippen LogP) is 0.773. The second-order valence-corrected chi connectivity index (χ2v) is 5.88. The molecule has 0 aromatic heterocycles. The van der Waals surface area contributed by atoms with Gasteiger partial charge in [0.05, 0.1) is 6.54 Å². The average molecular weight is 287 g/mol. The Labute approximate surface area is 124 Å². The molecule has 0 radical (unpaired) electrons. The lowest BCUT2D eigenvalue weighted by atomic mass is 9.96. The zero-order valence-electron chi connectivity index (χ0n) is 12.1. The molecular formula is C16H21N3O2. The first-order valence-electron chi connectivity index (χ1n) is 7.55. The summed E-state index contributed by atoms with van der Waals surface area (Å²) in [4.78, 5) is 27.7. The van der Waals surface area contributed by atoms with Gasteiger partial charge in [-0.3, -0.25) is 14.5 Å². The summed E-state index contributed by atoms with van der Waals surface area (Å²) in [5, 5.41) is 0. The first kappa shape index (κ1) is 14.1. The molecule has 2 aliphatic rings. The number of piperidine rings is 1. The molecule has 0 spiro atoms. The number of para-hydroxylation sites is 1. The highest BCUT2D eigenvalue weighted by Gasteiger charge is 2.28. The molecule has 0 aliphatic carbocycles. The monoisotopic (exact) mass is 287 g/mol. The number of carbonyl (C=O) groups is 2. The number of hydrogen-bond acceptors (Lipinski definition) is 3. The molecule has 112 valence electrons. The van der Waals surface area contributed by atoms with E-state index in [9.17, 15) is 9.59 Å². The molecule has 0 atom stereocenters. The van der Waals surface area contributed by atoms with Gasteiger partial charge in [-0.1, -0.05) is 18.2 Å². The topological polar surface area (TPSA) is 66.6 Å². The van der Waals surface area contributed by atoms with E-state index in [-0.39, 0.29) is 17.7 Å². The number of fused-ring (bicyclic) bond motifs is 1. The van der Waals surface area contributed by atoms with Crippen molar-refractivity contribution >= 4 is 17.5 Å². The summed E-state index contributed by atoms with van der Waals surface area (Å²) in [7, 11) is 0. The van der Waals surface area contributed by atoms with Crippen LogP contribution in [0.2, 0.25) is 0 Å². The Hall–Kier alpha value is -1.88. The number of carbonyl (C=O) groups excluding carboxylic acids is 2. The van der Waals surface area contributed by atoms with Gasteiger partial charge in [0, 0.05) is 18.2 Å². The van der Waals surface area contributed by atoms with Crippen LogP contribution in [-0.4, -0.2) is 42.9 Å². The maximum atomic E-state index is 12.5.